The molecule has 168 valence electrons. The third kappa shape index (κ3) is 5.52. The number of sulfone groups is 1. The van der Waals surface area contributed by atoms with E-state index in [2.05, 4.69) is 14.7 Å². The van der Waals surface area contributed by atoms with Crippen molar-refractivity contribution in [2.45, 2.75) is 18.2 Å². The van der Waals surface area contributed by atoms with Crippen LogP contribution in [0.4, 0.5) is 0 Å². The zero-order valence-corrected chi connectivity index (χ0v) is 18.5. The van der Waals surface area contributed by atoms with E-state index >= 15 is 0 Å². The second kappa shape index (κ2) is 9.65. The Morgan fingerprint density at radius 1 is 1.12 bits per heavy atom. The van der Waals surface area contributed by atoms with Crippen LogP contribution < -0.4 is 5.32 Å². The predicted octanol–water partition coefficient (Wildman–Crippen LogP) is 2.72. The first-order chi connectivity index (χ1) is 15.2. The van der Waals surface area contributed by atoms with Crippen LogP contribution in [0.15, 0.2) is 65.6 Å². The summed E-state index contributed by atoms with van der Waals surface area (Å²) < 4.78 is 25.7. The monoisotopic (exact) mass is 457 g/mol. The first kappa shape index (κ1) is 23.0. The molecule has 9 nitrogen and oxygen atoms in total. The van der Waals surface area contributed by atoms with Crippen molar-refractivity contribution in [2.24, 2.45) is 0 Å². The molecule has 0 aliphatic carbocycles. The van der Waals surface area contributed by atoms with Crippen LogP contribution in [0.5, 0.6) is 0 Å². The number of nitrogens with zero attached hydrogens (tertiary/aromatic N) is 2. The molecular formula is C22H23N3O6S. The number of amides is 1. The molecule has 0 saturated heterocycles. The maximum atomic E-state index is 11.8. The fourth-order valence-electron chi connectivity index (χ4n) is 3.41. The molecule has 0 saturated carbocycles. The van der Waals surface area contributed by atoms with Gasteiger partial charge in [0, 0.05) is 24.2 Å². The maximum absolute atomic E-state index is 11.8. The van der Waals surface area contributed by atoms with Crippen LogP contribution in [0.25, 0.3) is 16.9 Å². The van der Waals surface area contributed by atoms with Crippen molar-refractivity contribution in [3.05, 3.63) is 82.0 Å². The highest BCUT2D eigenvalue weighted by Gasteiger charge is 2.16. The Kier molecular flexibility index (Phi) is 6.94. The quantitative estimate of drug-likeness (QED) is 0.390. The van der Waals surface area contributed by atoms with E-state index in [4.69, 9.17) is 0 Å². The van der Waals surface area contributed by atoms with Crippen LogP contribution >= 0.6 is 0 Å². The zero-order chi connectivity index (χ0) is 23.3. The number of carbonyl (C=O) groups excluding carboxylic acids is 1. The second-order valence-corrected chi connectivity index (χ2v) is 9.22. The number of nitrogens with one attached hydrogen (secondary N) is 1. The van der Waals surface area contributed by atoms with Crippen molar-refractivity contribution in [3.8, 4) is 16.9 Å². The Hall–Kier alpha value is -3.66. The molecule has 0 aliphatic heterocycles. The summed E-state index contributed by atoms with van der Waals surface area (Å²) in [5.41, 5.74) is 4.62. The van der Waals surface area contributed by atoms with Crippen molar-refractivity contribution >= 4 is 15.7 Å². The van der Waals surface area contributed by atoms with Crippen molar-refractivity contribution in [3.63, 3.8) is 0 Å². The molecule has 0 atom stereocenters. The topological polar surface area (TPSA) is 121 Å². The number of benzene rings is 2. The molecule has 1 heterocycles. The van der Waals surface area contributed by atoms with E-state index in [9.17, 15) is 23.3 Å². The van der Waals surface area contributed by atoms with Gasteiger partial charge in [0.2, 0.25) is 5.91 Å². The van der Waals surface area contributed by atoms with Crippen LogP contribution in [0.2, 0.25) is 0 Å². The summed E-state index contributed by atoms with van der Waals surface area (Å²) in [6, 6.07) is 18.4. The highest BCUT2D eigenvalue weighted by molar-refractivity contribution is 7.90. The van der Waals surface area contributed by atoms with E-state index in [0.717, 1.165) is 28.2 Å². The smallest absolute Gasteiger partial charge is 0.295 e. The Balaban J connectivity index is 1.89. The van der Waals surface area contributed by atoms with E-state index in [1.807, 2.05) is 43.3 Å². The van der Waals surface area contributed by atoms with Crippen molar-refractivity contribution in [1.82, 2.24) is 9.88 Å². The van der Waals surface area contributed by atoms with Crippen LogP contribution in [-0.2, 0) is 25.9 Å². The molecule has 1 aromatic heterocycles. The lowest BCUT2D eigenvalue weighted by atomic mass is 10.1. The lowest BCUT2D eigenvalue weighted by Crippen LogP contribution is -2.30. The molecule has 2 aromatic carbocycles. The molecule has 0 aliphatic rings. The highest BCUT2D eigenvalue weighted by atomic mass is 32.2. The van der Waals surface area contributed by atoms with Gasteiger partial charge in [0.15, 0.2) is 16.4 Å². The number of rotatable bonds is 9. The van der Waals surface area contributed by atoms with Gasteiger partial charge in [-0.15, -0.1) is 10.1 Å². The minimum absolute atomic E-state index is 0.246. The average molecular weight is 458 g/mol. The molecule has 3 aromatic rings. The third-order valence-electron chi connectivity index (χ3n) is 4.96. The van der Waals surface area contributed by atoms with Gasteiger partial charge in [0.25, 0.3) is 5.09 Å². The molecule has 0 unspecified atom stereocenters. The van der Waals surface area contributed by atoms with E-state index in [1.165, 1.54) is 6.26 Å². The van der Waals surface area contributed by atoms with Gasteiger partial charge in [-0.3, -0.25) is 4.79 Å². The van der Waals surface area contributed by atoms with Crippen molar-refractivity contribution in [1.29, 1.82) is 0 Å². The van der Waals surface area contributed by atoms with Crippen LogP contribution in [0, 0.1) is 17.0 Å². The van der Waals surface area contributed by atoms with Gasteiger partial charge in [0.05, 0.1) is 10.6 Å². The Morgan fingerprint density at radius 2 is 1.78 bits per heavy atom. The SMILES string of the molecule is Cc1c(CCNC(=O)CO[N+](=O)[O-])cc(-c2ccc(S(C)(=O)=O)cc2)n1-c1ccccc1. The molecule has 3 rings (SSSR count). The predicted molar refractivity (Wildman–Crippen MR) is 119 cm³/mol. The minimum atomic E-state index is -3.30. The van der Waals surface area contributed by atoms with Gasteiger partial charge in [-0.1, -0.05) is 30.3 Å². The summed E-state index contributed by atoms with van der Waals surface area (Å²) in [6.07, 6.45) is 1.67. The second-order valence-electron chi connectivity index (χ2n) is 7.20. The zero-order valence-electron chi connectivity index (χ0n) is 17.6. The Morgan fingerprint density at radius 3 is 2.38 bits per heavy atom. The summed E-state index contributed by atoms with van der Waals surface area (Å²) in [5, 5.41) is 11.8. The van der Waals surface area contributed by atoms with E-state index < -0.39 is 27.4 Å². The number of para-hydroxylation sites is 1. The Bertz CT molecular complexity index is 1220. The van der Waals surface area contributed by atoms with Crippen molar-refractivity contribution < 1.29 is 23.1 Å². The van der Waals surface area contributed by atoms with Crippen molar-refractivity contribution in [2.75, 3.05) is 19.4 Å². The average Bonchev–Trinajstić information content (AvgIpc) is 3.08. The molecule has 0 radical (unpaired) electrons. The van der Waals surface area contributed by atoms with E-state index in [1.54, 1.807) is 24.3 Å². The first-order valence-corrected chi connectivity index (χ1v) is 11.7. The van der Waals surface area contributed by atoms with Gasteiger partial charge in [-0.2, -0.15) is 0 Å². The summed E-state index contributed by atoms with van der Waals surface area (Å²) in [4.78, 5) is 26.2. The third-order valence-corrected chi connectivity index (χ3v) is 6.09. The van der Waals surface area contributed by atoms with Crippen LogP contribution in [0.3, 0.4) is 0 Å². The van der Waals surface area contributed by atoms with Gasteiger partial charge in [-0.05, 0) is 54.8 Å². The van der Waals surface area contributed by atoms with Gasteiger partial charge < -0.3 is 14.7 Å². The normalized spacial score (nSPS) is 11.2. The Labute approximate surface area is 185 Å². The molecule has 1 amide bonds. The molecular weight excluding hydrogens is 434 g/mol. The fourth-order valence-corrected chi connectivity index (χ4v) is 4.04. The number of hydrogen-bond acceptors (Lipinski definition) is 6. The number of aromatic nitrogens is 1. The summed E-state index contributed by atoms with van der Waals surface area (Å²) in [7, 11) is -3.30. The molecule has 0 fully saturated rings. The molecule has 32 heavy (non-hydrogen) atoms. The van der Waals surface area contributed by atoms with E-state index in [-0.39, 0.29) is 11.4 Å². The standard InChI is InChI=1S/C22H23N3O6S/c1-16-18(12-13-23-22(26)15-31-25(27)28)14-21(24(16)19-6-4-3-5-7-19)17-8-10-20(11-9-17)32(2,29)30/h3-11,14H,12-13,15H2,1-2H3,(H,23,26). The highest BCUT2D eigenvalue weighted by Crippen LogP contribution is 2.30. The summed E-state index contributed by atoms with van der Waals surface area (Å²) in [6.45, 7) is 1.61. The van der Waals surface area contributed by atoms with Gasteiger partial charge in [-0.25, -0.2) is 8.42 Å². The molecule has 10 heteroatoms. The molecule has 0 spiro atoms. The fraction of sp³-hybridized carbons (Fsp3) is 0.227. The van der Waals surface area contributed by atoms with Gasteiger partial charge >= 0.3 is 0 Å². The number of hydrogen-bond donors (Lipinski definition) is 1. The summed E-state index contributed by atoms with van der Waals surface area (Å²) in [5.74, 6) is -0.571. The van der Waals surface area contributed by atoms with Crippen LogP contribution in [0.1, 0.15) is 11.3 Å². The van der Waals surface area contributed by atoms with Crippen LogP contribution in [-0.4, -0.2) is 43.4 Å². The number of carbonyl (C=O) groups is 1. The molecule has 1 N–H and O–H groups in total. The first-order valence-electron chi connectivity index (χ1n) is 9.78. The summed E-state index contributed by atoms with van der Waals surface area (Å²) >= 11 is 0. The van der Waals surface area contributed by atoms with E-state index in [0.29, 0.717) is 6.42 Å². The van der Waals surface area contributed by atoms with Gasteiger partial charge in [0.1, 0.15) is 0 Å². The maximum Gasteiger partial charge on any atom is 0.295 e. The minimum Gasteiger partial charge on any atom is -0.354 e. The molecule has 0 bridgehead atoms. The largest absolute Gasteiger partial charge is 0.354 e. The lowest BCUT2D eigenvalue weighted by molar-refractivity contribution is -0.754. The lowest BCUT2D eigenvalue weighted by Gasteiger charge is -2.13.